The predicted octanol–water partition coefficient (Wildman–Crippen LogP) is 4.95. The maximum Gasteiger partial charge on any atom is 0.344 e. The summed E-state index contributed by atoms with van der Waals surface area (Å²) in [5, 5.41) is 0.484. The molecule has 0 bridgehead atoms. The van der Waals surface area contributed by atoms with E-state index in [0.29, 0.717) is 10.8 Å². The zero-order chi connectivity index (χ0) is 22.8. The molecule has 0 fully saturated rings. The van der Waals surface area contributed by atoms with Crippen LogP contribution in [0.3, 0.4) is 0 Å². The zero-order valence-electron chi connectivity index (χ0n) is 17.3. The number of carbonyl (C=O) groups excluding carboxylic acids is 1. The Morgan fingerprint density at radius 3 is 2.25 bits per heavy atom. The van der Waals surface area contributed by atoms with Crippen molar-refractivity contribution in [3.8, 4) is 34.5 Å². The summed E-state index contributed by atoms with van der Waals surface area (Å²) in [4.78, 5) is 26.2. The van der Waals surface area contributed by atoms with Crippen LogP contribution in [-0.4, -0.2) is 27.3 Å². The first kappa shape index (κ1) is 21.3. The molecule has 0 saturated carbocycles. The Balaban J connectivity index is 1.85. The number of hydrogen-bond acceptors (Lipinski definition) is 8. The number of ether oxygens (including phenoxy) is 4. The second kappa shape index (κ2) is 8.68. The third-order valence-electron chi connectivity index (χ3n) is 4.65. The first-order valence-electron chi connectivity index (χ1n) is 9.29. The molecule has 0 saturated heterocycles. The van der Waals surface area contributed by atoms with Gasteiger partial charge in [-0.2, -0.15) is 0 Å². The molecule has 0 aliphatic rings. The van der Waals surface area contributed by atoms with Gasteiger partial charge in [-0.3, -0.25) is 4.79 Å². The lowest BCUT2D eigenvalue weighted by Gasteiger charge is -2.14. The summed E-state index contributed by atoms with van der Waals surface area (Å²) < 4.78 is 32.5. The fourth-order valence-electron chi connectivity index (χ4n) is 3.16. The molecule has 2 heterocycles. The minimum Gasteiger partial charge on any atom is -0.493 e. The fourth-order valence-corrected chi connectivity index (χ4v) is 3.34. The second-order valence-electron chi connectivity index (χ2n) is 6.51. The van der Waals surface area contributed by atoms with Crippen LogP contribution >= 0.6 is 11.6 Å². The largest absolute Gasteiger partial charge is 0.493 e. The van der Waals surface area contributed by atoms with Crippen LogP contribution in [0.2, 0.25) is 5.02 Å². The number of furan rings is 1. The van der Waals surface area contributed by atoms with Gasteiger partial charge in [0.05, 0.1) is 38.5 Å². The van der Waals surface area contributed by atoms with E-state index < -0.39 is 11.4 Å². The van der Waals surface area contributed by atoms with Gasteiger partial charge in [0.1, 0.15) is 5.58 Å². The normalized spacial score (nSPS) is 10.8. The molecule has 0 N–H and O–H groups in total. The molecule has 9 heteroatoms. The highest BCUT2D eigenvalue weighted by atomic mass is 35.5. The lowest BCUT2D eigenvalue weighted by molar-refractivity contribution is 0.0730. The van der Waals surface area contributed by atoms with Gasteiger partial charge in [-0.15, -0.1) is 0 Å². The number of hydrogen-bond donors (Lipinski definition) is 0. The highest BCUT2D eigenvalue weighted by Gasteiger charge is 2.25. The Kier molecular flexibility index (Phi) is 5.79. The average molecular weight is 457 g/mol. The van der Waals surface area contributed by atoms with Gasteiger partial charge in [-0.25, -0.2) is 4.79 Å². The van der Waals surface area contributed by atoms with E-state index in [1.807, 2.05) is 0 Å². The van der Waals surface area contributed by atoms with Crippen LogP contribution < -0.4 is 24.4 Å². The minimum atomic E-state index is -0.842. The molecule has 32 heavy (non-hydrogen) atoms. The van der Waals surface area contributed by atoms with E-state index in [4.69, 9.17) is 39.4 Å². The third kappa shape index (κ3) is 3.76. The molecule has 0 radical (unpaired) electrons. The zero-order valence-corrected chi connectivity index (χ0v) is 18.0. The number of benzene rings is 2. The van der Waals surface area contributed by atoms with E-state index >= 15 is 0 Å². The fraction of sp³-hybridized carbons (Fsp3) is 0.130. The van der Waals surface area contributed by atoms with Crippen molar-refractivity contribution >= 4 is 28.5 Å². The molecule has 8 nitrogen and oxygen atoms in total. The molecule has 2 aromatic carbocycles. The van der Waals surface area contributed by atoms with Gasteiger partial charge in [-0.05, 0) is 42.5 Å². The standard InChI is InChI=1S/C23H17ClO8/c1-27-17-9-12(10-18(28-2)20(17)29-3)23(26)32-22-19(25)14-11-13(24)6-7-15(14)31-21(22)16-5-4-8-30-16/h4-11H,1-3H3. The smallest absolute Gasteiger partial charge is 0.344 e. The Labute approximate surface area is 186 Å². The first-order chi connectivity index (χ1) is 15.5. The third-order valence-corrected chi connectivity index (χ3v) is 4.89. The van der Waals surface area contributed by atoms with Crippen LogP contribution in [0.1, 0.15) is 10.4 Å². The van der Waals surface area contributed by atoms with Crippen molar-refractivity contribution < 1.29 is 32.6 Å². The van der Waals surface area contributed by atoms with E-state index in [1.54, 1.807) is 24.3 Å². The van der Waals surface area contributed by atoms with Gasteiger partial charge in [0.15, 0.2) is 17.3 Å². The summed E-state index contributed by atoms with van der Waals surface area (Å²) in [7, 11) is 4.28. The molecule has 2 aromatic heterocycles. The number of fused-ring (bicyclic) bond motifs is 1. The first-order valence-corrected chi connectivity index (χ1v) is 9.67. The summed E-state index contributed by atoms with van der Waals surface area (Å²) >= 11 is 6.03. The quantitative estimate of drug-likeness (QED) is 0.376. The minimum absolute atomic E-state index is 0.0318. The molecular weight excluding hydrogens is 440 g/mol. The Hall–Kier alpha value is -3.91. The summed E-state index contributed by atoms with van der Waals surface area (Å²) in [6.07, 6.45) is 1.41. The maximum atomic E-state index is 13.2. The van der Waals surface area contributed by atoms with Crippen LogP contribution in [0.4, 0.5) is 0 Å². The van der Waals surface area contributed by atoms with Crippen molar-refractivity contribution in [2.45, 2.75) is 0 Å². The Morgan fingerprint density at radius 2 is 1.66 bits per heavy atom. The molecule has 0 aliphatic heterocycles. The van der Waals surface area contributed by atoms with Crippen LogP contribution in [0.5, 0.6) is 23.0 Å². The van der Waals surface area contributed by atoms with E-state index in [-0.39, 0.29) is 45.3 Å². The molecule has 4 rings (SSSR count). The van der Waals surface area contributed by atoms with Gasteiger partial charge in [0.2, 0.25) is 22.7 Å². The van der Waals surface area contributed by atoms with Crippen molar-refractivity contribution in [1.29, 1.82) is 0 Å². The monoisotopic (exact) mass is 456 g/mol. The molecule has 0 unspecified atom stereocenters. The number of rotatable bonds is 6. The molecule has 164 valence electrons. The molecule has 0 aliphatic carbocycles. The highest BCUT2D eigenvalue weighted by Crippen LogP contribution is 2.39. The van der Waals surface area contributed by atoms with Crippen LogP contribution in [0.15, 0.2) is 62.4 Å². The second-order valence-corrected chi connectivity index (χ2v) is 6.95. The molecular formula is C23H17ClO8. The van der Waals surface area contributed by atoms with Crippen LogP contribution in [0, 0.1) is 0 Å². The number of methoxy groups -OCH3 is 3. The van der Waals surface area contributed by atoms with Gasteiger partial charge in [0.25, 0.3) is 0 Å². The van der Waals surface area contributed by atoms with E-state index in [0.717, 1.165) is 0 Å². The maximum absolute atomic E-state index is 13.2. The van der Waals surface area contributed by atoms with Gasteiger partial charge < -0.3 is 27.8 Å². The van der Waals surface area contributed by atoms with Crippen molar-refractivity contribution in [3.05, 3.63) is 69.5 Å². The summed E-state index contributed by atoms with van der Waals surface area (Å²) in [6, 6.07) is 10.6. The van der Waals surface area contributed by atoms with Gasteiger partial charge in [0, 0.05) is 5.02 Å². The van der Waals surface area contributed by atoms with Crippen molar-refractivity contribution in [2.75, 3.05) is 21.3 Å². The Bertz CT molecular complexity index is 1330. The molecule has 0 atom stereocenters. The van der Waals surface area contributed by atoms with Crippen LogP contribution in [0.25, 0.3) is 22.5 Å². The van der Waals surface area contributed by atoms with E-state index in [2.05, 4.69) is 0 Å². The summed E-state index contributed by atoms with van der Waals surface area (Å²) in [5.74, 6) is -0.186. The average Bonchev–Trinajstić information content (AvgIpc) is 3.34. The van der Waals surface area contributed by atoms with E-state index in [9.17, 15) is 9.59 Å². The lowest BCUT2D eigenvalue weighted by atomic mass is 10.1. The lowest BCUT2D eigenvalue weighted by Crippen LogP contribution is -2.16. The highest BCUT2D eigenvalue weighted by molar-refractivity contribution is 6.31. The number of esters is 1. The molecule has 4 aromatic rings. The number of halogens is 1. The summed E-state index contributed by atoms with van der Waals surface area (Å²) in [6.45, 7) is 0. The molecule has 0 spiro atoms. The van der Waals surface area contributed by atoms with Crippen molar-refractivity contribution in [1.82, 2.24) is 0 Å². The van der Waals surface area contributed by atoms with Crippen LogP contribution in [-0.2, 0) is 0 Å². The van der Waals surface area contributed by atoms with E-state index in [1.165, 1.54) is 45.8 Å². The Morgan fingerprint density at radius 1 is 0.938 bits per heavy atom. The SMILES string of the molecule is COc1cc(C(=O)Oc2c(-c3ccco3)oc3ccc(Cl)cc3c2=O)cc(OC)c1OC. The van der Waals surface area contributed by atoms with Gasteiger partial charge >= 0.3 is 5.97 Å². The molecule has 0 amide bonds. The van der Waals surface area contributed by atoms with Crippen molar-refractivity contribution in [2.24, 2.45) is 0 Å². The number of carbonyl (C=O) groups is 1. The van der Waals surface area contributed by atoms with Gasteiger partial charge in [-0.1, -0.05) is 11.6 Å². The van der Waals surface area contributed by atoms with Crippen molar-refractivity contribution in [3.63, 3.8) is 0 Å². The summed E-state index contributed by atoms with van der Waals surface area (Å²) in [5.41, 5.74) is -0.255. The predicted molar refractivity (Wildman–Crippen MR) is 116 cm³/mol. The topological polar surface area (TPSA) is 97.3 Å².